The second-order valence-electron chi connectivity index (χ2n) is 7.99. The predicted molar refractivity (Wildman–Crippen MR) is 116 cm³/mol. The minimum Gasteiger partial charge on any atom is -0.347 e. The third-order valence-electron chi connectivity index (χ3n) is 6.02. The van der Waals surface area contributed by atoms with Crippen LogP contribution in [-0.2, 0) is 13.0 Å². The number of rotatable bonds is 6. The fraction of sp³-hybridized carbons (Fsp3) is 0.360. The molecule has 1 fully saturated rings. The van der Waals surface area contributed by atoms with Gasteiger partial charge >= 0.3 is 0 Å². The first-order chi connectivity index (χ1) is 13.6. The Hall–Kier alpha value is -2.39. The fourth-order valence-electron chi connectivity index (χ4n) is 4.26. The van der Waals surface area contributed by atoms with Crippen LogP contribution in [0.4, 0.5) is 4.39 Å². The Bertz CT molecular complexity index is 962. The molecular weight excluding hydrogens is 347 g/mol. The van der Waals surface area contributed by atoms with E-state index in [9.17, 15) is 4.39 Å². The van der Waals surface area contributed by atoms with Gasteiger partial charge in [0.2, 0.25) is 0 Å². The standard InChI is InChI=1S/C25H29FN2/c1-3-18(2)21-6-4-19(5-7-21)14-22-17-28(16-20-10-12-27-13-11-20)25-15-23(26)8-9-24(22)25/h4-9,15,17,20,27H,2-3,10-14,16H2,1H3. The van der Waals surface area contributed by atoms with Crippen molar-refractivity contribution in [3.05, 3.63) is 77.7 Å². The number of hydrogen-bond acceptors (Lipinski definition) is 1. The summed E-state index contributed by atoms with van der Waals surface area (Å²) in [4.78, 5) is 0. The molecule has 0 spiro atoms. The second-order valence-corrected chi connectivity index (χ2v) is 7.99. The summed E-state index contributed by atoms with van der Waals surface area (Å²) in [6.07, 6.45) is 6.44. The van der Waals surface area contributed by atoms with Crippen molar-refractivity contribution in [3.8, 4) is 0 Å². The lowest BCUT2D eigenvalue weighted by molar-refractivity contribution is 0.336. The number of aromatic nitrogens is 1. The molecule has 4 rings (SSSR count). The molecule has 0 saturated carbocycles. The predicted octanol–water partition coefficient (Wildman–Crippen LogP) is 5.79. The molecule has 2 nitrogen and oxygen atoms in total. The summed E-state index contributed by atoms with van der Waals surface area (Å²) in [6.45, 7) is 9.39. The first kappa shape index (κ1) is 18.9. The smallest absolute Gasteiger partial charge is 0.125 e. The quantitative estimate of drug-likeness (QED) is 0.576. The summed E-state index contributed by atoms with van der Waals surface area (Å²) in [6, 6.07) is 13.9. The van der Waals surface area contributed by atoms with Crippen LogP contribution in [0.25, 0.3) is 16.5 Å². The van der Waals surface area contributed by atoms with Crippen molar-refractivity contribution in [3.63, 3.8) is 0 Å². The Kier molecular flexibility index (Phi) is 5.63. The van der Waals surface area contributed by atoms with Gasteiger partial charge in [0.15, 0.2) is 0 Å². The maximum absolute atomic E-state index is 14.0. The highest BCUT2D eigenvalue weighted by Gasteiger charge is 2.17. The lowest BCUT2D eigenvalue weighted by atomic mass is 9.98. The van der Waals surface area contributed by atoms with Gasteiger partial charge in [-0.25, -0.2) is 4.39 Å². The topological polar surface area (TPSA) is 17.0 Å². The lowest BCUT2D eigenvalue weighted by Gasteiger charge is -2.23. The van der Waals surface area contributed by atoms with Gasteiger partial charge in [0.25, 0.3) is 0 Å². The molecule has 3 aromatic rings. The van der Waals surface area contributed by atoms with Crippen LogP contribution in [0, 0.1) is 11.7 Å². The summed E-state index contributed by atoms with van der Waals surface area (Å²) in [5, 5.41) is 4.59. The molecule has 2 aromatic carbocycles. The third-order valence-corrected chi connectivity index (χ3v) is 6.02. The number of nitrogens with zero attached hydrogens (tertiary/aromatic N) is 1. The minimum atomic E-state index is -0.161. The van der Waals surface area contributed by atoms with Gasteiger partial charge in [-0.3, -0.25) is 0 Å². The first-order valence-electron chi connectivity index (χ1n) is 10.4. The van der Waals surface area contributed by atoms with Crippen LogP contribution in [0.1, 0.15) is 42.9 Å². The Labute approximate surface area is 167 Å². The van der Waals surface area contributed by atoms with Crippen LogP contribution >= 0.6 is 0 Å². The Balaban J connectivity index is 1.62. The van der Waals surface area contributed by atoms with Crippen LogP contribution in [-0.4, -0.2) is 17.7 Å². The number of nitrogens with one attached hydrogen (secondary N) is 1. The molecule has 1 saturated heterocycles. The van der Waals surface area contributed by atoms with E-state index < -0.39 is 0 Å². The lowest BCUT2D eigenvalue weighted by Crippen LogP contribution is -2.29. The summed E-state index contributed by atoms with van der Waals surface area (Å²) in [7, 11) is 0. The maximum Gasteiger partial charge on any atom is 0.125 e. The molecule has 0 atom stereocenters. The fourth-order valence-corrected chi connectivity index (χ4v) is 4.26. The van der Waals surface area contributed by atoms with Crippen LogP contribution in [0.5, 0.6) is 0 Å². The minimum absolute atomic E-state index is 0.161. The van der Waals surface area contributed by atoms with Crippen molar-refractivity contribution in [2.24, 2.45) is 5.92 Å². The van der Waals surface area contributed by atoms with Gasteiger partial charge in [-0.1, -0.05) is 37.8 Å². The molecule has 1 aliphatic rings. The molecule has 1 N–H and O–H groups in total. The van der Waals surface area contributed by atoms with E-state index in [1.807, 2.05) is 6.07 Å². The van der Waals surface area contributed by atoms with Gasteiger partial charge in [-0.05, 0) is 85.2 Å². The van der Waals surface area contributed by atoms with Crippen molar-refractivity contribution >= 4 is 16.5 Å². The molecule has 0 bridgehead atoms. The largest absolute Gasteiger partial charge is 0.347 e. The van der Waals surface area contributed by atoms with E-state index in [0.29, 0.717) is 5.92 Å². The molecule has 0 unspecified atom stereocenters. The number of piperidine rings is 1. The molecular formula is C25H29FN2. The summed E-state index contributed by atoms with van der Waals surface area (Å²) < 4.78 is 16.2. The Morgan fingerprint density at radius 3 is 2.61 bits per heavy atom. The average molecular weight is 377 g/mol. The van der Waals surface area contributed by atoms with Crippen molar-refractivity contribution in [2.45, 2.75) is 39.2 Å². The van der Waals surface area contributed by atoms with E-state index in [2.05, 4.69) is 53.8 Å². The Morgan fingerprint density at radius 1 is 1.14 bits per heavy atom. The molecule has 0 radical (unpaired) electrons. The zero-order chi connectivity index (χ0) is 19.5. The van der Waals surface area contributed by atoms with Gasteiger partial charge in [-0.15, -0.1) is 0 Å². The zero-order valence-corrected chi connectivity index (χ0v) is 16.7. The molecule has 2 heterocycles. The van der Waals surface area contributed by atoms with Crippen LogP contribution in [0.15, 0.2) is 55.2 Å². The van der Waals surface area contributed by atoms with E-state index in [1.165, 1.54) is 35.1 Å². The number of allylic oxidation sites excluding steroid dienone is 1. The average Bonchev–Trinajstić information content (AvgIpc) is 3.05. The maximum atomic E-state index is 14.0. The van der Waals surface area contributed by atoms with E-state index in [4.69, 9.17) is 0 Å². The van der Waals surface area contributed by atoms with Gasteiger partial charge in [-0.2, -0.15) is 0 Å². The molecule has 0 amide bonds. The van der Waals surface area contributed by atoms with Gasteiger partial charge in [0, 0.05) is 18.1 Å². The SMILES string of the molecule is C=C(CC)c1ccc(Cc2cn(CC3CCNCC3)c3cc(F)ccc23)cc1. The molecule has 1 aromatic heterocycles. The number of benzene rings is 2. The molecule has 3 heteroatoms. The molecule has 1 aliphatic heterocycles. The highest BCUT2D eigenvalue weighted by molar-refractivity contribution is 5.84. The second kappa shape index (κ2) is 8.32. The summed E-state index contributed by atoms with van der Waals surface area (Å²) in [5.74, 6) is 0.499. The number of hydrogen-bond donors (Lipinski definition) is 1. The van der Waals surface area contributed by atoms with Crippen LogP contribution in [0.2, 0.25) is 0 Å². The third kappa shape index (κ3) is 4.05. The molecule has 146 valence electrons. The van der Waals surface area contributed by atoms with E-state index in [0.717, 1.165) is 43.4 Å². The van der Waals surface area contributed by atoms with E-state index in [1.54, 1.807) is 12.1 Å². The van der Waals surface area contributed by atoms with E-state index >= 15 is 0 Å². The summed E-state index contributed by atoms with van der Waals surface area (Å²) >= 11 is 0. The zero-order valence-electron chi connectivity index (χ0n) is 16.7. The highest BCUT2D eigenvalue weighted by Crippen LogP contribution is 2.27. The van der Waals surface area contributed by atoms with E-state index in [-0.39, 0.29) is 5.82 Å². The monoisotopic (exact) mass is 376 g/mol. The van der Waals surface area contributed by atoms with Crippen LogP contribution < -0.4 is 5.32 Å². The Morgan fingerprint density at radius 2 is 1.89 bits per heavy atom. The van der Waals surface area contributed by atoms with Gasteiger partial charge in [0.1, 0.15) is 5.82 Å². The van der Waals surface area contributed by atoms with Crippen molar-refractivity contribution < 1.29 is 4.39 Å². The number of halogens is 1. The van der Waals surface area contributed by atoms with Crippen LogP contribution in [0.3, 0.4) is 0 Å². The first-order valence-corrected chi connectivity index (χ1v) is 10.4. The van der Waals surface area contributed by atoms with Gasteiger partial charge in [0.05, 0.1) is 5.52 Å². The van der Waals surface area contributed by atoms with Gasteiger partial charge < -0.3 is 9.88 Å². The normalized spacial score (nSPS) is 15.2. The molecule has 0 aliphatic carbocycles. The highest BCUT2D eigenvalue weighted by atomic mass is 19.1. The van der Waals surface area contributed by atoms with Crippen molar-refractivity contribution in [1.29, 1.82) is 0 Å². The van der Waals surface area contributed by atoms with Crippen molar-refractivity contribution in [2.75, 3.05) is 13.1 Å². The van der Waals surface area contributed by atoms with Crippen molar-refractivity contribution in [1.82, 2.24) is 9.88 Å². The number of fused-ring (bicyclic) bond motifs is 1. The molecule has 28 heavy (non-hydrogen) atoms. The summed E-state index contributed by atoms with van der Waals surface area (Å²) in [5.41, 5.74) is 5.94.